The van der Waals surface area contributed by atoms with E-state index < -0.39 is 0 Å². The Morgan fingerprint density at radius 3 is 2.64 bits per heavy atom. The van der Waals surface area contributed by atoms with Crippen LogP contribution in [0.5, 0.6) is 11.5 Å². The van der Waals surface area contributed by atoms with Crippen LogP contribution < -0.4 is 9.47 Å². The Kier molecular flexibility index (Phi) is 4.06. The lowest BCUT2D eigenvalue weighted by molar-refractivity contribution is 0.356. The number of aromatic nitrogens is 4. The largest absolute Gasteiger partial charge is 0.493 e. The van der Waals surface area contributed by atoms with E-state index in [-0.39, 0.29) is 0 Å². The highest BCUT2D eigenvalue weighted by molar-refractivity contribution is 7.19. The summed E-state index contributed by atoms with van der Waals surface area (Å²) in [6.45, 7) is 2.83. The van der Waals surface area contributed by atoms with Crippen molar-refractivity contribution >= 4 is 33.7 Å². The minimum absolute atomic E-state index is 0.682. The highest BCUT2D eigenvalue weighted by Gasteiger charge is 2.09. The van der Waals surface area contributed by atoms with E-state index in [1.54, 1.807) is 30.2 Å². The van der Waals surface area contributed by atoms with Gasteiger partial charge in [0, 0.05) is 18.7 Å². The molecule has 7 heteroatoms. The molecule has 114 valence electrons. The van der Waals surface area contributed by atoms with Crippen molar-refractivity contribution in [1.82, 2.24) is 20.0 Å². The molecule has 0 aliphatic carbocycles. The van der Waals surface area contributed by atoms with Crippen LogP contribution in [0.25, 0.3) is 22.4 Å². The molecule has 1 aromatic carbocycles. The first-order valence-corrected chi connectivity index (χ1v) is 7.66. The second-order valence-corrected chi connectivity index (χ2v) is 5.62. The first kappa shape index (κ1) is 14.5. The van der Waals surface area contributed by atoms with E-state index in [0.29, 0.717) is 11.5 Å². The number of methoxy groups -OCH3 is 2. The van der Waals surface area contributed by atoms with Gasteiger partial charge in [0.2, 0.25) is 0 Å². The van der Waals surface area contributed by atoms with E-state index >= 15 is 0 Å². The van der Waals surface area contributed by atoms with Crippen LogP contribution >= 0.6 is 11.3 Å². The maximum absolute atomic E-state index is 5.31. The Bertz CT molecular complexity index is 781. The quantitative estimate of drug-likeness (QED) is 0.724. The number of fused-ring (bicyclic) bond motifs is 1. The van der Waals surface area contributed by atoms with Crippen molar-refractivity contribution in [3.63, 3.8) is 0 Å². The molecule has 0 saturated heterocycles. The Balaban J connectivity index is 1.91. The van der Waals surface area contributed by atoms with Gasteiger partial charge in [-0.3, -0.25) is 4.68 Å². The Morgan fingerprint density at radius 1 is 1.18 bits per heavy atom. The van der Waals surface area contributed by atoms with Gasteiger partial charge in [-0.1, -0.05) is 5.21 Å². The molecule has 0 radical (unpaired) electrons. The second-order valence-electron chi connectivity index (χ2n) is 4.56. The van der Waals surface area contributed by atoms with Crippen molar-refractivity contribution in [2.45, 2.75) is 13.5 Å². The second kappa shape index (κ2) is 6.15. The van der Waals surface area contributed by atoms with Crippen LogP contribution in [0.4, 0.5) is 0 Å². The summed E-state index contributed by atoms with van der Waals surface area (Å²) in [6.07, 6.45) is 5.74. The maximum atomic E-state index is 5.31. The molecule has 0 amide bonds. The van der Waals surface area contributed by atoms with Crippen molar-refractivity contribution in [3.05, 3.63) is 29.0 Å². The van der Waals surface area contributed by atoms with Gasteiger partial charge < -0.3 is 9.47 Å². The van der Waals surface area contributed by atoms with E-state index in [4.69, 9.17) is 9.47 Å². The minimum Gasteiger partial charge on any atom is -0.493 e. The van der Waals surface area contributed by atoms with Crippen molar-refractivity contribution < 1.29 is 9.47 Å². The molecular formula is C15H16N4O2S. The average Bonchev–Trinajstić information content (AvgIpc) is 3.16. The summed E-state index contributed by atoms with van der Waals surface area (Å²) in [5, 5.41) is 8.97. The molecule has 0 spiro atoms. The fourth-order valence-corrected chi connectivity index (χ4v) is 2.93. The lowest BCUT2D eigenvalue weighted by Gasteiger charge is -2.05. The Hall–Kier alpha value is -2.41. The Morgan fingerprint density at radius 2 is 1.95 bits per heavy atom. The molecule has 0 saturated carbocycles. The Labute approximate surface area is 132 Å². The van der Waals surface area contributed by atoms with Crippen molar-refractivity contribution in [2.24, 2.45) is 0 Å². The zero-order chi connectivity index (χ0) is 15.5. The summed E-state index contributed by atoms with van der Waals surface area (Å²) < 4.78 is 13.4. The van der Waals surface area contributed by atoms with Gasteiger partial charge in [-0.2, -0.15) is 0 Å². The first-order valence-electron chi connectivity index (χ1n) is 6.84. The van der Waals surface area contributed by atoms with E-state index in [9.17, 15) is 0 Å². The van der Waals surface area contributed by atoms with Gasteiger partial charge >= 0.3 is 0 Å². The third-order valence-electron chi connectivity index (χ3n) is 3.19. The summed E-state index contributed by atoms with van der Waals surface area (Å²) in [5.41, 5.74) is 1.70. The molecule has 3 rings (SSSR count). The summed E-state index contributed by atoms with van der Waals surface area (Å²) in [5.74, 6) is 1.39. The van der Waals surface area contributed by atoms with E-state index in [2.05, 4.69) is 15.3 Å². The van der Waals surface area contributed by atoms with Gasteiger partial charge in [-0.25, -0.2) is 4.98 Å². The zero-order valence-corrected chi connectivity index (χ0v) is 13.4. The van der Waals surface area contributed by atoms with Crippen LogP contribution in [-0.4, -0.2) is 34.2 Å². The number of rotatable bonds is 5. The summed E-state index contributed by atoms with van der Waals surface area (Å²) in [6, 6.07) is 3.83. The number of benzene rings is 1. The molecule has 2 heterocycles. The van der Waals surface area contributed by atoms with Gasteiger partial charge in [-0.15, -0.1) is 16.4 Å². The molecule has 0 aliphatic heterocycles. The number of aryl methyl sites for hydroxylation is 1. The topological polar surface area (TPSA) is 62.1 Å². The van der Waals surface area contributed by atoms with E-state index in [1.165, 1.54) is 0 Å². The lowest BCUT2D eigenvalue weighted by atomic mass is 10.3. The summed E-state index contributed by atoms with van der Waals surface area (Å²) in [4.78, 5) is 4.58. The minimum atomic E-state index is 0.682. The molecule has 22 heavy (non-hydrogen) atoms. The standard InChI is InChI=1S/C15H16N4O2S/c1-4-19-9-10(17-18-19)5-6-15-16-11-7-12(20-2)13(21-3)8-14(11)22-15/h5-9H,4H2,1-3H3/b6-5+. The normalized spacial score (nSPS) is 11.4. The highest BCUT2D eigenvalue weighted by atomic mass is 32.1. The number of thiazole rings is 1. The molecule has 6 nitrogen and oxygen atoms in total. The molecule has 0 atom stereocenters. The zero-order valence-electron chi connectivity index (χ0n) is 12.6. The fraction of sp³-hybridized carbons (Fsp3) is 0.267. The first-order chi connectivity index (χ1) is 10.7. The summed E-state index contributed by atoms with van der Waals surface area (Å²) in [7, 11) is 3.25. The van der Waals surface area contributed by atoms with Crippen LogP contribution in [0.15, 0.2) is 18.3 Å². The van der Waals surface area contributed by atoms with Crippen molar-refractivity contribution in [2.75, 3.05) is 14.2 Å². The highest BCUT2D eigenvalue weighted by Crippen LogP contribution is 2.35. The van der Waals surface area contributed by atoms with Gasteiger partial charge in [0.1, 0.15) is 10.7 Å². The SMILES string of the molecule is CCn1cc(/C=C/c2nc3cc(OC)c(OC)cc3s2)nn1. The van der Waals surface area contributed by atoms with Gasteiger partial charge in [0.25, 0.3) is 0 Å². The van der Waals surface area contributed by atoms with Crippen LogP contribution in [0.3, 0.4) is 0 Å². The number of ether oxygens (including phenoxy) is 2. The van der Waals surface area contributed by atoms with Gasteiger partial charge in [0.05, 0.1) is 30.6 Å². The number of nitrogens with zero attached hydrogens (tertiary/aromatic N) is 4. The van der Waals surface area contributed by atoms with Gasteiger partial charge in [0.15, 0.2) is 11.5 Å². The van der Waals surface area contributed by atoms with Crippen molar-refractivity contribution in [3.8, 4) is 11.5 Å². The van der Waals surface area contributed by atoms with Crippen LogP contribution in [-0.2, 0) is 6.54 Å². The molecule has 0 bridgehead atoms. The number of hydrogen-bond acceptors (Lipinski definition) is 6. The molecule has 0 N–H and O–H groups in total. The fourth-order valence-electron chi connectivity index (χ4n) is 2.05. The van der Waals surface area contributed by atoms with Crippen LogP contribution in [0.2, 0.25) is 0 Å². The van der Waals surface area contributed by atoms with E-state index in [0.717, 1.165) is 27.5 Å². The predicted molar refractivity (Wildman–Crippen MR) is 87.3 cm³/mol. The number of hydrogen-bond donors (Lipinski definition) is 0. The molecular weight excluding hydrogens is 300 g/mol. The van der Waals surface area contributed by atoms with Crippen molar-refractivity contribution in [1.29, 1.82) is 0 Å². The molecule has 2 aromatic heterocycles. The molecule has 3 aromatic rings. The smallest absolute Gasteiger partial charge is 0.162 e. The average molecular weight is 316 g/mol. The van der Waals surface area contributed by atoms with E-state index in [1.807, 2.05) is 37.4 Å². The van der Waals surface area contributed by atoms with Crippen LogP contribution in [0.1, 0.15) is 17.6 Å². The molecule has 0 fully saturated rings. The monoisotopic (exact) mass is 316 g/mol. The van der Waals surface area contributed by atoms with Crippen LogP contribution in [0, 0.1) is 0 Å². The molecule has 0 unspecified atom stereocenters. The third kappa shape index (κ3) is 2.80. The van der Waals surface area contributed by atoms with Gasteiger partial charge in [-0.05, 0) is 19.1 Å². The third-order valence-corrected chi connectivity index (χ3v) is 4.17. The molecule has 0 aliphatic rings. The maximum Gasteiger partial charge on any atom is 0.162 e. The summed E-state index contributed by atoms with van der Waals surface area (Å²) >= 11 is 1.59. The predicted octanol–water partition coefficient (Wildman–Crippen LogP) is 3.10. The lowest BCUT2D eigenvalue weighted by Crippen LogP contribution is -1.93.